The molecule has 102 valence electrons. The molecule has 7 nitrogen and oxygen atoms in total. The molecule has 7 heteroatoms. The van der Waals surface area contributed by atoms with Crippen molar-refractivity contribution in [2.75, 3.05) is 5.32 Å². The van der Waals surface area contributed by atoms with Crippen LogP contribution in [0.25, 0.3) is 0 Å². The number of rotatable bonds is 2. The first-order valence-corrected chi connectivity index (χ1v) is 6.13. The van der Waals surface area contributed by atoms with E-state index in [2.05, 4.69) is 20.8 Å². The maximum atomic E-state index is 11.2. The van der Waals surface area contributed by atoms with Gasteiger partial charge in [0.1, 0.15) is 11.7 Å². The zero-order chi connectivity index (χ0) is 14.3. The summed E-state index contributed by atoms with van der Waals surface area (Å²) in [4.78, 5) is 11.2. The van der Waals surface area contributed by atoms with Crippen molar-refractivity contribution >= 4 is 11.9 Å². The van der Waals surface area contributed by atoms with E-state index < -0.39 is 5.97 Å². The number of carbonyl (C=O) groups is 1. The van der Waals surface area contributed by atoms with E-state index in [9.17, 15) is 4.79 Å². The third-order valence-electron chi connectivity index (χ3n) is 3.43. The first-order valence-electron chi connectivity index (χ1n) is 6.13. The van der Waals surface area contributed by atoms with Crippen LogP contribution in [0, 0.1) is 13.8 Å². The zero-order valence-electron chi connectivity index (χ0n) is 11.0. The summed E-state index contributed by atoms with van der Waals surface area (Å²) < 4.78 is 1.57. The summed E-state index contributed by atoms with van der Waals surface area (Å²) >= 11 is 0. The summed E-state index contributed by atoms with van der Waals surface area (Å²) in [6.45, 7) is 4.05. The Balaban J connectivity index is 2.11. The molecule has 1 aromatic heterocycles. The van der Waals surface area contributed by atoms with E-state index in [1.807, 2.05) is 32.0 Å². The number of aryl methyl sites for hydroxylation is 2. The number of aliphatic carboxylic acids is 1. The van der Waals surface area contributed by atoms with Crippen LogP contribution in [0.5, 0.6) is 0 Å². The van der Waals surface area contributed by atoms with Crippen molar-refractivity contribution in [3.63, 3.8) is 0 Å². The highest BCUT2D eigenvalue weighted by molar-refractivity contribution is 5.90. The molecule has 0 spiro atoms. The van der Waals surface area contributed by atoms with Crippen LogP contribution in [0.15, 0.2) is 30.0 Å². The molecule has 1 atom stereocenters. The Labute approximate surface area is 114 Å². The van der Waals surface area contributed by atoms with E-state index in [4.69, 9.17) is 5.11 Å². The smallest absolute Gasteiger partial charge is 0.352 e. The van der Waals surface area contributed by atoms with Crippen molar-refractivity contribution in [3.8, 4) is 0 Å². The highest BCUT2D eigenvalue weighted by atomic mass is 16.4. The fourth-order valence-corrected chi connectivity index (χ4v) is 2.16. The van der Waals surface area contributed by atoms with Gasteiger partial charge in [0.2, 0.25) is 5.95 Å². The van der Waals surface area contributed by atoms with Crippen molar-refractivity contribution < 1.29 is 9.90 Å². The Kier molecular flexibility index (Phi) is 2.74. The molecule has 1 aliphatic heterocycles. The van der Waals surface area contributed by atoms with Gasteiger partial charge in [-0.15, -0.1) is 0 Å². The number of benzene rings is 1. The Bertz CT molecular complexity index is 719. The lowest BCUT2D eigenvalue weighted by atomic mass is 9.99. The lowest BCUT2D eigenvalue weighted by molar-refractivity contribution is -0.132. The van der Waals surface area contributed by atoms with E-state index in [-0.39, 0.29) is 11.7 Å². The topological polar surface area (TPSA) is 92.9 Å². The number of hydrogen-bond acceptors (Lipinski definition) is 5. The number of allylic oxidation sites excluding steroid dienone is 1. The summed E-state index contributed by atoms with van der Waals surface area (Å²) in [6, 6.07) is 5.66. The molecule has 2 N–H and O–H groups in total. The molecule has 2 aromatic rings. The second-order valence-electron chi connectivity index (χ2n) is 4.75. The van der Waals surface area contributed by atoms with Gasteiger partial charge in [-0.1, -0.05) is 23.3 Å². The number of nitrogens with one attached hydrogen (secondary N) is 1. The van der Waals surface area contributed by atoms with Crippen molar-refractivity contribution in [2.24, 2.45) is 0 Å². The molecule has 0 bridgehead atoms. The van der Waals surface area contributed by atoms with Crippen molar-refractivity contribution in [3.05, 3.63) is 46.7 Å². The number of nitrogens with zero attached hydrogens (tertiary/aromatic N) is 4. The molecular formula is C13H13N5O2. The van der Waals surface area contributed by atoms with Gasteiger partial charge in [0, 0.05) is 0 Å². The average molecular weight is 271 g/mol. The second-order valence-corrected chi connectivity index (χ2v) is 4.75. The highest BCUT2D eigenvalue weighted by Crippen LogP contribution is 2.28. The molecule has 0 fully saturated rings. The minimum absolute atomic E-state index is 0.0792. The molecule has 0 radical (unpaired) electrons. The monoisotopic (exact) mass is 271 g/mol. The van der Waals surface area contributed by atoms with E-state index >= 15 is 0 Å². The lowest BCUT2D eigenvalue weighted by Gasteiger charge is -2.22. The summed E-state index contributed by atoms with van der Waals surface area (Å²) in [5.41, 5.74) is 3.35. The number of tetrazole rings is 1. The van der Waals surface area contributed by atoms with Crippen LogP contribution in [-0.4, -0.2) is 31.3 Å². The van der Waals surface area contributed by atoms with Crippen LogP contribution in [0.3, 0.4) is 0 Å². The van der Waals surface area contributed by atoms with Crippen LogP contribution in [-0.2, 0) is 4.79 Å². The molecule has 0 saturated carbocycles. The normalized spacial score (nSPS) is 17.1. The van der Waals surface area contributed by atoms with Crippen molar-refractivity contribution in [2.45, 2.75) is 19.9 Å². The summed E-state index contributed by atoms with van der Waals surface area (Å²) in [5.74, 6) is -0.707. The lowest BCUT2D eigenvalue weighted by Crippen LogP contribution is -2.24. The molecule has 1 aromatic carbocycles. The Morgan fingerprint density at radius 3 is 2.85 bits per heavy atom. The van der Waals surface area contributed by atoms with Gasteiger partial charge in [0.15, 0.2) is 0 Å². The van der Waals surface area contributed by atoms with E-state index in [0.29, 0.717) is 5.95 Å². The molecule has 0 amide bonds. The van der Waals surface area contributed by atoms with Crippen molar-refractivity contribution in [1.82, 2.24) is 20.2 Å². The molecule has 20 heavy (non-hydrogen) atoms. The van der Waals surface area contributed by atoms with Gasteiger partial charge >= 0.3 is 5.97 Å². The van der Waals surface area contributed by atoms with Gasteiger partial charge in [-0.3, -0.25) is 0 Å². The van der Waals surface area contributed by atoms with Gasteiger partial charge in [0.25, 0.3) is 0 Å². The predicted molar refractivity (Wildman–Crippen MR) is 71.2 cm³/mol. The first kappa shape index (κ1) is 12.3. The molecule has 3 rings (SSSR count). The average Bonchev–Trinajstić information content (AvgIpc) is 2.89. The van der Waals surface area contributed by atoms with Gasteiger partial charge in [-0.05, 0) is 47.0 Å². The molecule has 1 unspecified atom stereocenters. The molecule has 2 heterocycles. The highest BCUT2D eigenvalue weighted by Gasteiger charge is 2.26. The van der Waals surface area contributed by atoms with Gasteiger partial charge in [-0.2, -0.15) is 4.68 Å². The van der Waals surface area contributed by atoms with Crippen LogP contribution in [0.1, 0.15) is 22.7 Å². The van der Waals surface area contributed by atoms with Crippen LogP contribution >= 0.6 is 0 Å². The third-order valence-corrected chi connectivity index (χ3v) is 3.43. The standard InChI is InChI=1S/C13H13N5O2/c1-7-3-4-9(5-8(7)2)11-6-10(12(19)20)14-13-15-16-17-18(11)13/h3-6,11H,1-2H3,(H,19,20)(H,14,15,17). The predicted octanol–water partition coefficient (Wildman–Crippen LogP) is 1.27. The molecule has 0 aliphatic carbocycles. The summed E-state index contributed by atoms with van der Waals surface area (Å²) in [7, 11) is 0. The number of carboxylic acids is 1. The minimum Gasteiger partial charge on any atom is -0.477 e. The van der Waals surface area contributed by atoms with Crippen molar-refractivity contribution in [1.29, 1.82) is 0 Å². The SMILES string of the molecule is Cc1ccc(C2C=C(C(=O)O)Nc3nnnn32)cc1C. The minimum atomic E-state index is -1.03. The van der Waals surface area contributed by atoms with E-state index in [1.54, 1.807) is 10.8 Å². The number of hydrogen-bond donors (Lipinski definition) is 2. The quantitative estimate of drug-likeness (QED) is 0.854. The Hall–Kier alpha value is -2.70. The third kappa shape index (κ3) is 1.93. The summed E-state index contributed by atoms with van der Waals surface area (Å²) in [6.07, 6.45) is 1.61. The van der Waals surface area contributed by atoms with Crippen LogP contribution in [0.2, 0.25) is 0 Å². The van der Waals surface area contributed by atoms with E-state index in [1.165, 1.54) is 5.56 Å². The fraction of sp³-hybridized carbons (Fsp3) is 0.231. The zero-order valence-corrected chi connectivity index (χ0v) is 11.0. The molecule has 1 aliphatic rings. The van der Waals surface area contributed by atoms with Gasteiger partial charge < -0.3 is 10.4 Å². The molecule has 0 saturated heterocycles. The Morgan fingerprint density at radius 2 is 2.15 bits per heavy atom. The van der Waals surface area contributed by atoms with Crippen LogP contribution in [0.4, 0.5) is 5.95 Å². The maximum Gasteiger partial charge on any atom is 0.352 e. The number of carboxylic acid groups (broad SMARTS) is 1. The first-order chi connectivity index (χ1) is 9.56. The summed E-state index contributed by atoms with van der Waals surface area (Å²) in [5, 5.41) is 23.1. The fourth-order valence-electron chi connectivity index (χ4n) is 2.16. The van der Waals surface area contributed by atoms with Gasteiger partial charge in [0.05, 0.1) is 0 Å². The number of anilines is 1. The van der Waals surface area contributed by atoms with Crippen LogP contribution < -0.4 is 5.32 Å². The van der Waals surface area contributed by atoms with E-state index in [0.717, 1.165) is 11.1 Å². The van der Waals surface area contributed by atoms with Gasteiger partial charge in [-0.25, -0.2) is 4.79 Å². The number of fused-ring (bicyclic) bond motifs is 1. The maximum absolute atomic E-state index is 11.2. The second kappa shape index (κ2) is 4.44. The molecular weight excluding hydrogens is 258 g/mol. The largest absolute Gasteiger partial charge is 0.477 e. The Morgan fingerprint density at radius 1 is 1.35 bits per heavy atom. The number of aromatic nitrogens is 4.